The number of rotatable bonds is 4. The minimum Gasteiger partial charge on any atom is -0.490 e. The van der Waals surface area contributed by atoms with Crippen LogP contribution in [0, 0.1) is 26.6 Å². The summed E-state index contributed by atoms with van der Waals surface area (Å²) in [4.78, 5) is 27.0. The number of allylic oxidation sites excluding steroid dienone is 2. The van der Waals surface area contributed by atoms with Gasteiger partial charge in [-0.25, -0.2) is 8.78 Å². The second-order valence-corrected chi connectivity index (χ2v) is 10.5. The van der Waals surface area contributed by atoms with Crippen molar-refractivity contribution in [1.82, 2.24) is 4.90 Å². The van der Waals surface area contributed by atoms with E-state index in [1.54, 1.807) is 11.0 Å². The van der Waals surface area contributed by atoms with Crippen LogP contribution in [0.4, 0.5) is 8.78 Å². The highest BCUT2D eigenvalue weighted by Crippen LogP contribution is 2.43. The molecule has 3 aliphatic rings. The fraction of sp³-hybridized carbons (Fsp3) is 0.419. The lowest BCUT2D eigenvalue weighted by molar-refractivity contribution is -0.136. The highest BCUT2D eigenvalue weighted by Gasteiger charge is 2.29. The van der Waals surface area contributed by atoms with Gasteiger partial charge in [-0.2, -0.15) is 0 Å². The molecule has 38 heavy (non-hydrogen) atoms. The number of hydrogen-bond donors (Lipinski definition) is 1. The number of amides is 1. The van der Waals surface area contributed by atoms with Crippen molar-refractivity contribution in [2.45, 2.75) is 65.7 Å². The van der Waals surface area contributed by atoms with Gasteiger partial charge in [0.2, 0.25) is 0 Å². The van der Waals surface area contributed by atoms with Gasteiger partial charge in [-0.15, -0.1) is 0 Å². The van der Waals surface area contributed by atoms with Crippen LogP contribution in [0.5, 0.6) is 5.75 Å². The Morgan fingerprint density at radius 3 is 2.37 bits per heavy atom. The molecule has 0 spiro atoms. The van der Waals surface area contributed by atoms with Gasteiger partial charge in [-0.05, 0) is 110 Å². The third-order valence-electron chi connectivity index (χ3n) is 8.29. The summed E-state index contributed by atoms with van der Waals surface area (Å²) in [6.45, 7) is 7.30. The van der Waals surface area contributed by atoms with Crippen molar-refractivity contribution in [2.24, 2.45) is 0 Å². The number of carbonyl (C=O) groups excluding carboxylic acids is 1. The molecular weight excluding hydrogens is 488 g/mol. The lowest BCUT2D eigenvalue weighted by Crippen LogP contribution is -2.34. The van der Waals surface area contributed by atoms with Crippen LogP contribution in [0.3, 0.4) is 0 Å². The highest BCUT2D eigenvalue weighted by molar-refractivity contribution is 5.96. The first-order valence-corrected chi connectivity index (χ1v) is 13.3. The molecule has 5 rings (SSSR count). The number of carboxylic acid groups (broad SMARTS) is 1. The smallest absolute Gasteiger partial charge is 0.307 e. The van der Waals surface area contributed by atoms with Gasteiger partial charge in [0.15, 0.2) is 11.6 Å². The average Bonchev–Trinajstić information content (AvgIpc) is 3.13. The Morgan fingerprint density at radius 1 is 0.974 bits per heavy atom. The van der Waals surface area contributed by atoms with Crippen LogP contribution in [-0.2, 0) is 35.3 Å². The predicted molar refractivity (Wildman–Crippen MR) is 142 cm³/mol. The van der Waals surface area contributed by atoms with Crippen molar-refractivity contribution in [2.75, 3.05) is 19.7 Å². The molecule has 1 amide bonds. The van der Waals surface area contributed by atoms with E-state index in [1.165, 1.54) is 12.1 Å². The molecule has 2 aromatic carbocycles. The van der Waals surface area contributed by atoms with Gasteiger partial charge in [-0.3, -0.25) is 9.59 Å². The SMILES string of the molecule is Cc1c(-c2c(C)c3c(c(C)c2CC(=O)O)CCN(C(=O)C2=CCCC(F)=C2)CC3)cc(F)c2c1CCCO2. The Hall–Kier alpha value is -3.48. The second-order valence-electron chi connectivity index (χ2n) is 10.5. The molecule has 0 saturated carbocycles. The van der Waals surface area contributed by atoms with Gasteiger partial charge < -0.3 is 14.7 Å². The molecule has 0 bridgehead atoms. The molecule has 0 fully saturated rings. The Morgan fingerprint density at radius 2 is 1.68 bits per heavy atom. The van der Waals surface area contributed by atoms with Gasteiger partial charge >= 0.3 is 5.97 Å². The van der Waals surface area contributed by atoms with E-state index in [0.717, 1.165) is 45.4 Å². The lowest BCUT2D eigenvalue weighted by atomic mass is 9.80. The van der Waals surface area contributed by atoms with E-state index < -0.39 is 11.8 Å². The zero-order chi connectivity index (χ0) is 27.1. The number of benzene rings is 2. The Labute approximate surface area is 221 Å². The summed E-state index contributed by atoms with van der Waals surface area (Å²) in [5, 5.41) is 9.82. The molecule has 1 aliphatic carbocycles. The number of fused-ring (bicyclic) bond motifs is 2. The summed E-state index contributed by atoms with van der Waals surface area (Å²) < 4.78 is 34.7. The summed E-state index contributed by atoms with van der Waals surface area (Å²) in [5.41, 5.74) is 8.26. The normalized spacial score (nSPS) is 17.0. The minimum absolute atomic E-state index is 0.177. The molecule has 0 unspecified atom stereocenters. The Kier molecular flexibility index (Phi) is 7.12. The van der Waals surface area contributed by atoms with Crippen molar-refractivity contribution >= 4 is 11.9 Å². The van der Waals surface area contributed by atoms with Crippen LogP contribution in [0.15, 0.2) is 29.6 Å². The van der Waals surface area contributed by atoms with Crippen LogP contribution in [0.2, 0.25) is 0 Å². The molecule has 1 N–H and O–H groups in total. The topological polar surface area (TPSA) is 66.8 Å². The maximum Gasteiger partial charge on any atom is 0.307 e. The Balaban J connectivity index is 1.60. The Bertz CT molecular complexity index is 1410. The molecule has 200 valence electrons. The molecular formula is C31H33F2NO4. The maximum atomic E-state index is 15.3. The van der Waals surface area contributed by atoms with E-state index in [-0.39, 0.29) is 18.2 Å². The maximum absolute atomic E-state index is 15.3. The van der Waals surface area contributed by atoms with E-state index in [4.69, 9.17) is 4.74 Å². The second kappa shape index (κ2) is 10.4. The van der Waals surface area contributed by atoms with Gasteiger partial charge in [0, 0.05) is 30.6 Å². The predicted octanol–water partition coefficient (Wildman–Crippen LogP) is 5.87. The molecule has 2 aliphatic heterocycles. The van der Waals surface area contributed by atoms with E-state index in [2.05, 4.69) is 0 Å². The molecule has 7 heteroatoms. The van der Waals surface area contributed by atoms with Crippen molar-refractivity contribution in [3.63, 3.8) is 0 Å². The van der Waals surface area contributed by atoms with Gasteiger partial charge in [0.05, 0.1) is 13.0 Å². The summed E-state index contributed by atoms with van der Waals surface area (Å²) in [7, 11) is 0. The number of aliphatic carboxylic acids is 1. The molecule has 0 saturated heterocycles. The number of halogens is 2. The fourth-order valence-corrected chi connectivity index (χ4v) is 6.34. The van der Waals surface area contributed by atoms with Crippen molar-refractivity contribution in [1.29, 1.82) is 0 Å². The number of hydrogen-bond acceptors (Lipinski definition) is 3. The van der Waals surface area contributed by atoms with Crippen LogP contribution in [-0.4, -0.2) is 41.6 Å². The van der Waals surface area contributed by atoms with Crippen LogP contribution >= 0.6 is 0 Å². The molecule has 5 nitrogen and oxygen atoms in total. The average molecular weight is 522 g/mol. The zero-order valence-corrected chi connectivity index (χ0v) is 22.2. The first-order valence-electron chi connectivity index (χ1n) is 13.3. The van der Waals surface area contributed by atoms with E-state index in [0.29, 0.717) is 74.3 Å². The van der Waals surface area contributed by atoms with Gasteiger partial charge in [0.1, 0.15) is 5.83 Å². The minimum atomic E-state index is -0.948. The monoisotopic (exact) mass is 521 g/mol. The number of carboxylic acids is 1. The summed E-state index contributed by atoms with van der Waals surface area (Å²) >= 11 is 0. The molecule has 2 aromatic rings. The first kappa shape index (κ1) is 26.1. The fourth-order valence-electron chi connectivity index (χ4n) is 6.34. The summed E-state index contributed by atoms with van der Waals surface area (Å²) in [6.07, 6.45) is 6.47. The van der Waals surface area contributed by atoms with Crippen LogP contribution in [0.1, 0.15) is 58.2 Å². The summed E-state index contributed by atoms with van der Waals surface area (Å²) in [6, 6.07) is 1.49. The quantitative estimate of drug-likeness (QED) is 0.547. The molecule has 0 aromatic heterocycles. The number of nitrogens with zero attached hydrogens (tertiary/aromatic N) is 1. The van der Waals surface area contributed by atoms with Crippen molar-refractivity contribution in [3.05, 3.63) is 74.4 Å². The third-order valence-corrected chi connectivity index (χ3v) is 8.29. The number of carbonyl (C=O) groups is 2. The van der Waals surface area contributed by atoms with Gasteiger partial charge in [-0.1, -0.05) is 6.08 Å². The first-order chi connectivity index (χ1) is 18.2. The van der Waals surface area contributed by atoms with Crippen LogP contribution in [0.25, 0.3) is 11.1 Å². The molecule has 2 heterocycles. The highest BCUT2D eigenvalue weighted by atomic mass is 19.1. The number of ether oxygens (including phenoxy) is 1. The van der Waals surface area contributed by atoms with Crippen molar-refractivity contribution in [3.8, 4) is 16.9 Å². The van der Waals surface area contributed by atoms with Crippen LogP contribution < -0.4 is 4.74 Å². The largest absolute Gasteiger partial charge is 0.490 e. The zero-order valence-electron chi connectivity index (χ0n) is 22.2. The van der Waals surface area contributed by atoms with E-state index >= 15 is 4.39 Å². The van der Waals surface area contributed by atoms with E-state index in [1.807, 2.05) is 20.8 Å². The molecule has 0 radical (unpaired) electrons. The summed E-state index contributed by atoms with van der Waals surface area (Å²) in [5.74, 6) is -1.52. The molecule has 0 atom stereocenters. The van der Waals surface area contributed by atoms with Gasteiger partial charge in [0.25, 0.3) is 5.91 Å². The third kappa shape index (κ3) is 4.63. The van der Waals surface area contributed by atoms with Crippen molar-refractivity contribution < 1.29 is 28.2 Å². The van der Waals surface area contributed by atoms with E-state index in [9.17, 15) is 19.1 Å². The standard InChI is InChI=1S/C31H33F2NO4/c1-17-22-9-11-34(31(37)20-6-4-7-21(32)14-20)12-10-23(22)19(3)29(26(17)16-28(35)36)25-15-27(33)30-24(18(25)2)8-5-13-38-30/h6,14-15H,4-5,7-13,16H2,1-3H3,(H,35,36). The lowest BCUT2D eigenvalue weighted by Gasteiger charge is -2.26.